The molecule has 0 aromatic heterocycles. The zero-order chi connectivity index (χ0) is 14.7. The molecule has 4 heteroatoms. The number of hydrogen-bond acceptors (Lipinski definition) is 3. The van der Waals surface area contributed by atoms with Gasteiger partial charge in [0, 0.05) is 11.3 Å². The second-order valence-electron chi connectivity index (χ2n) is 4.79. The highest BCUT2D eigenvalue weighted by Crippen LogP contribution is 2.25. The van der Waals surface area contributed by atoms with Gasteiger partial charge in [-0.3, -0.25) is 4.79 Å². The van der Waals surface area contributed by atoms with E-state index >= 15 is 0 Å². The Kier molecular flexibility index (Phi) is 3.94. The van der Waals surface area contributed by atoms with E-state index in [2.05, 4.69) is 5.32 Å². The standard InChI is InChI=1S/C16H18N2O2/c1-10-6-11(2)8-12(7-10)16(19)18-13-4-5-15(20-3)14(17)9-13/h4-9H,17H2,1-3H3,(H,18,19). The molecule has 1 amide bonds. The predicted octanol–water partition coefficient (Wildman–Crippen LogP) is 3.15. The monoisotopic (exact) mass is 270 g/mol. The number of carbonyl (C=O) groups is 1. The van der Waals surface area contributed by atoms with E-state index in [-0.39, 0.29) is 5.91 Å². The topological polar surface area (TPSA) is 64.3 Å². The van der Waals surface area contributed by atoms with E-state index in [0.717, 1.165) is 11.1 Å². The second-order valence-corrected chi connectivity index (χ2v) is 4.79. The molecule has 0 spiro atoms. The number of nitrogens with one attached hydrogen (secondary N) is 1. The lowest BCUT2D eigenvalue weighted by molar-refractivity contribution is 0.102. The molecule has 0 bridgehead atoms. The number of amides is 1. The molecule has 0 atom stereocenters. The number of benzene rings is 2. The van der Waals surface area contributed by atoms with E-state index in [1.165, 1.54) is 0 Å². The number of ether oxygens (including phenoxy) is 1. The normalized spacial score (nSPS) is 10.2. The molecule has 0 aliphatic rings. The van der Waals surface area contributed by atoms with Gasteiger partial charge in [-0.2, -0.15) is 0 Å². The van der Waals surface area contributed by atoms with Crippen LogP contribution < -0.4 is 15.8 Å². The van der Waals surface area contributed by atoms with Crippen molar-refractivity contribution in [3.05, 3.63) is 53.1 Å². The first-order chi connectivity index (χ1) is 9.49. The van der Waals surface area contributed by atoms with Crippen LogP contribution in [0.5, 0.6) is 5.75 Å². The lowest BCUT2D eigenvalue weighted by Gasteiger charge is -2.09. The summed E-state index contributed by atoms with van der Waals surface area (Å²) in [4.78, 5) is 12.2. The molecule has 0 saturated heterocycles. The van der Waals surface area contributed by atoms with E-state index in [4.69, 9.17) is 10.5 Å². The van der Waals surface area contributed by atoms with Crippen LogP contribution in [0.25, 0.3) is 0 Å². The average Bonchev–Trinajstić information content (AvgIpc) is 2.37. The molecule has 2 aromatic carbocycles. The zero-order valence-electron chi connectivity index (χ0n) is 11.9. The molecule has 0 aliphatic carbocycles. The third kappa shape index (κ3) is 3.09. The number of rotatable bonds is 3. The fourth-order valence-corrected chi connectivity index (χ4v) is 2.12. The summed E-state index contributed by atoms with van der Waals surface area (Å²) < 4.78 is 5.08. The van der Waals surface area contributed by atoms with Crippen molar-refractivity contribution < 1.29 is 9.53 Å². The van der Waals surface area contributed by atoms with Gasteiger partial charge in [0.2, 0.25) is 0 Å². The molecular formula is C16H18N2O2. The van der Waals surface area contributed by atoms with Crippen LogP contribution in [0.2, 0.25) is 0 Å². The highest BCUT2D eigenvalue weighted by Gasteiger charge is 2.08. The summed E-state index contributed by atoms with van der Waals surface area (Å²) in [5.41, 5.74) is 9.71. The van der Waals surface area contributed by atoms with Gasteiger partial charge in [-0.25, -0.2) is 0 Å². The Morgan fingerprint density at radius 1 is 1.10 bits per heavy atom. The first-order valence-corrected chi connectivity index (χ1v) is 6.33. The number of nitrogen functional groups attached to an aromatic ring is 1. The van der Waals surface area contributed by atoms with Crippen LogP contribution >= 0.6 is 0 Å². The minimum atomic E-state index is -0.152. The largest absolute Gasteiger partial charge is 0.495 e. The molecule has 0 radical (unpaired) electrons. The molecule has 0 heterocycles. The van der Waals surface area contributed by atoms with Crippen LogP contribution in [0.3, 0.4) is 0 Å². The Morgan fingerprint density at radius 3 is 2.30 bits per heavy atom. The summed E-state index contributed by atoms with van der Waals surface area (Å²) in [6.45, 7) is 3.93. The number of methoxy groups -OCH3 is 1. The van der Waals surface area contributed by atoms with E-state index in [1.54, 1.807) is 25.3 Å². The molecule has 20 heavy (non-hydrogen) atoms. The maximum atomic E-state index is 12.2. The predicted molar refractivity (Wildman–Crippen MR) is 81.3 cm³/mol. The van der Waals surface area contributed by atoms with Gasteiger partial charge in [0.15, 0.2) is 0 Å². The summed E-state index contributed by atoms with van der Waals surface area (Å²) in [6.07, 6.45) is 0. The van der Waals surface area contributed by atoms with Crippen molar-refractivity contribution in [3.63, 3.8) is 0 Å². The molecule has 4 nitrogen and oxygen atoms in total. The van der Waals surface area contributed by atoms with Crippen LogP contribution in [0.15, 0.2) is 36.4 Å². The Bertz CT molecular complexity index is 631. The Balaban J connectivity index is 2.21. The Hall–Kier alpha value is -2.49. The quantitative estimate of drug-likeness (QED) is 0.842. The van der Waals surface area contributed by atoms with Crippen LogP contribution in [-0.2, 0) is 0 Å². The van der Waals surface area contributed by atoms with Crippen molar-refractivity contribution in [1.82, 2.24) is 0 Å². The van der Waals surface area contributed by atoms with Crippen molar-refractivity contribution in [2.45, 2.75) is 13.8 Å². The van der Waals surface area contributed by atoms with Gasteiger partial charge in [0.25, 0.3) is 5.91 Å². The molecule has 104 valence electrons. The average molecular weight is 270 g/mol. The van der Waals surface area contributed by atoms with Crippen molar-refractivity contribution in [2.75, 3.05) is 18.2 Å². The van der Waals surface area contributed by atoms with E-state index < -0.39 is 0 Å². The number of anilines is 2. The van der Waals surface area contributed by atoms with Crippen molar-refractivity contribution in [1.29, 1.82) is 0 Å². The smallest absolute Gasteiger partial charge is 0.255 e. The maximum Gasteiger partial charge on any atom is 0.255 e. The first-order valence-electron chi connectivity index (χ1n) is 6.33. The lowest BCUT2D eigenvalue weighted by atomic mass is 10.1. The summed E-state index contributed by atoms with van der Waals surface area (Å²) in [7, 11) is 1.56. The zero-order valence-corrected chi connectivity index (χ0v) is 11.9. The molecule has 2 rings (SSSR count). The van der Waals surface area contributed by atoms with Gasteiger partial charge in [-0.15, -0.1) is 0 Å². The number of nitrogens with two attached hydrogens (primary N) is 1. The molecule has 0 aliphatic heterocycles. The maximum absolute atomic E-state index is 12.2. The Labute approximate surface area is 118 Å². The molecule has 3 N–H and O–H groups in total. The molecule has 0 fully saturated rings. The third-order valence-corrected chi connectivity index (χ3v) is 2.97. The van der Waals surface area contributed by atoms with Gasteiger partial charge in [0.05, 0.1) is 12.8 Å². The van der Waals surface area contributed by atoms with Crippen molar-refractivity contribution >= 4 is 17.3 Å². The van der Waals surface area contributed by atoms with Gasteiger partial charge >= 0.3 is 0 Å². The lowest BCUT2D eigenvalue weighted by Crippen LogP contribution is -2.12. The van der Waals surface area contributed by atoms with Crippen LogP contribution in [0, 0.1) is 13.8 Å². The van der Waals surface area contributed by atoms with Crippen molar-refractivity contribution in [2.24, 2.45) is 0 Å². The number of hydrogen-bond donors (Lipinski definition) is 2. The van der Waals surface area contributed by atoms with Gasteiger partial charge in [-0.1, -0.05) is 17.2 Å². The Morgan fingerprint density at radius 2 is 1.75 bits per heavy atom. The first kappa shape index (κ1) is 13.9. The summed E-state index contributed by atoms with van der Waals surface area (Å²) in [5.74, 6) is 0.441. The van der Waals surface area contributed by atoms with E-state index in [1.807, 2.05) is 32.0 Å². The van der Waals surface area contributed by atoms with Gasteiger partial charge in [0.1, 0.15) is 5.75 Å². The molecule has 0 unspecified atom stereocenters. The van der Waals surface area contributed by atoms with Crippen LogP contribution in [0.4, 0.5) is 11.4 Å². The minimum Gasteiger partial charge on any atom is -0.495 e. The highest BCUT2D eigenvalue weighted by atomic mass is 16.5. The third-order valence-electron chi connectivity index (χ3n) is 2.97. The molecule has 2 aromatic rings. The summed E-state index contributed by atoms with van der Waals surface area (Å²) >= 11 is 0. The fraction of sp³-hybridized carbons (Fsp3) is 0.188. The van der Waals surface area contributed by atoms with E-state index in [0.29, 0.717) is 22.7 Å². The van der Waals surface area contributed by atoms with Gasteiger partial charge < -0.3 is 15.8 Å². The minimum absolute atomic E-state index is 0.152. The SMILES string of the molecule is COc1ccc(NC(=O)c2cc(C)cc(C)c2)cc1N. The summed E-state index contributed by atoms with van der Waals surface area (Å²) in [6, 6.07) is 10.9. The van der Waals surface area contributed by atoms with E-state index in [9.17, 15) is 4.79 Å². The van der Waals surface area contributed by atoms with Crippen molar-refractivity contribution in [3.8, 4) is 5.75 Å². The number of carbonyl (C=O) groups excluding carboxylic acids is 1. The highest BCUT2D eigenvalue weighted by molar-refractivity contribution is 6.04. The molecular weight excluding hydrogens is 252 g/mol. The van der Waals surface area contributed by atoms with Crippen LogP contribution in [0.1, 0.15) is 21.5 Å². The van der Waals surface area contributed by atoms with Crippen LogP contribution in [-0.4, -0.2) is 13.0 Å². The summed E-state index contributed by atoms with van der Waals surface area (Å²) in [5, 5.41) is 2.83. The second kappa shape index (κ2) is 5.65. The molecule has 0 saturated carbocycles. The fourth-order valence-electron chi connectivity index (χ4n) is 2.12. The van der Waals surface area contributed by atoms with Gasteiger partial charge in [-0.05, 0) is 44.2 Å². The number of aryl methyl sites for hydroxylation is 2.